The van der Waals surface area contributed by atoms with Crippen LogP contribution in [0.25, 0.3) is 22.6 Å². The quantitative estimate of drug-likeness (QED) is 0.794. The van der Waals surface area contributed by atoms with E-state index in [2.05, 4.69) is 57.4 Å². The first-order chi connectivity index (χ1) is 9.58. The first-order valence-corrected chi connectivity index (χ1v) is 6.81. The topological polar surface area (TPSA) is 72.3 Å². The van der Waals surface area contributed by atoms with Gasteiger partial charge in [-0.05, 0) is 19.8 Å². The zero-order chi connectivity index (χ0) is 14.3. The van der Waals surface area contributed by atoms with Gasteiger partial charge in [0, 0.05) is 12.2 Å². The third-order valence-corrected chi connectivity index (χ3v) is 3.31. The SMILES string of the molecule is CC(C)c1nc(-c2cn[nH]c2)nc2c1ncn2C(C)C. The van der Waals surface area contributed by atoms with E-state index in [0.29, 0.717) is 17.8 Å². The van der Waals surface area contributed by atoms with Gasteiger partial charge in [0.25, 0.3) is 0 Å². The summed E-state index contributed by atoms with van der Waals surface area (Å²) in [6.45, 7) is 8.48. The Morgan fingerprint density at radius 2 is 1.95 bits per heavy atom. The maximum absolute atomic E-state index is 4.67. The summed E-state index contributed by atoms with van der Waals surface area (Å²) in [6, 6.07) is 0.312. The summed E-state index contributed by atoms with van der Waals surface area (Å²) in [7, 11) is 0. The van der Waals surface area contributed by atoms with Crippen LogP contribution in [-0.4, -0.2) is 29.7 Å². The summed E-state index contributed by atoms with van der Waals surface area (Å²) in [5.74, 6) is 0.985. The Kier molecular flexibility index (Phi) is 3.00. The Bertz CT molecular complexity index is 724. The predicted molar refractivity (Wildman–Crippen MR) is 77.4 cm³/mol. The van der Waals surface area contributed by atoms with Crippen molar-refractivity contribution in [1.82, 2.24) is 29.7 Å². The van der Waals surface area contributed by atoms with Gasteiger partial charge in [0.15, 0.2) is 11.5 Å². The van der Waals surface area contributed by atoms with Crippen LogP contribution >= 0.6 is 0 Å². The van der Waals surface area contributed by atoms with E-state index in [1.165, 1.54) is 0 Å². The monoisotopic (exact) mass is 270 g/mol. The highest BCUT2D eigenvalue weighted by Gasteiger charge is 2.17. The molecule has 0 aliphatic carbocycles. The molecule has 0 saturated carbocycles. The second-order valence-electron chi connectivity index (χ2n) is 5.49. The smallest absolute Gasteiger partial charge is 0.165 e. The zero-order valence-electron chi connectivity index (χ0n) is 12.1. The van der Waals surface area contributed by atoms with E-state index < -0.39 is 0 Å². The van der Waals surface area contributed by atoms with Gasteiger partial charge in [0.1, 0.15) is 5.52 Å². The van der Waals surface area contributed by atoms with Crippen molar-refractivity contribution in [3.8, 4) is 11.4 Å². The minimum Gasteiger partial charge on any atom is -0.313 e. The molecule has 20 heavy (non-hydrogen) atoms. The van der Waals surface area contributed by atoms with Crippen molar-refractivity contribution in [1.29, 1.82) is 0 Å². The van der Waals surface area contributed by atoms with E-state index in [-0.39, 0.29) is 0 Å². The van der Waals surface area contributed by atoms with Gasteiger partial charge in [-0.15, -0.1) is 0 Å². The van der Waals surface area contributed by atoms with Gasteiger partial charge in [-0.25, -0.2) is 15.0 Å². The molecule has 3 aromatic heterocycles. The van der Waals surface area contributed by atoms with E-state index in [4.69, 9.17) is 0 Å². The van der Waals surface area contributed by atoms with Gasteiger partial charge < -0.3 is 4.57 Å². The minimum absolute atomic E-state index is 0.293. The molecular formula is C14H18N6. The Balaban J connectivity index is 2.30. The van der Waals surface area contributed by atoms with E-state index in [1.54, 1.807) is 12.4 Å². The zero-order valence-corrected chi connectivity index (χ0v) is 12.1. The van der Waals surface area contributed by atoms with Crippen molar-refractivity contribution in [2.75, 3.05) is 0 Å². The number of rotatable bonds is 3. The maximum atomic E-state index is 4.67. The van der Waals surface area contributed by atoms with Crippen molar-refractivity contribution in [3.63, 3.8) is 0 Å². The first kappa shape index (κ1) is 12.8. The fraction of sp³-hybridized carbons (Fsp3) is 0.429. The van der Waals surface area contributed by atoms with Crippen molar-refractivity contribution in [2.45, 2.75) is 39.7 Å². The molecule has 3 heterocycles. The fourth-order valence-electron chi connectivity index (χ4n) is 2.22. The summed E-state index contributed by atoms with van der Waals surface area (Å²) in [5.41, 5.74) is 3.65. The van der Waals surface area contributed by atoms with E-state index in [9.17, 15) is 0 Å². The van der Waals surface area contributed by atoms with Gasteiger partial charge in [0.2, 0.25) is 0 Å². The molecule has 1 N–H and O–H groups in total. The van der Waals surface area contributed by atoms with E-state index >= 15 is 0 Å². The van der Waals surface area contributed by atoms with Crippen LogP contribution in [0.4, 0.5) is 0 Å². The molecule has 0 saturated heterocycles. The highest BCUT2D eigenvalue weighted by atomic mass is 15.1. The minimum atomic E-state index is 0.293. The number of aromatic amines is 1. The molecule has 0 fully saturated rings. The lowest BCUT2D eigenvalue weighted by molar-refractivity contribution is 0.612. The van der Waals surface area contributed by atoms with Crippen LogP contribution in [0.3, 0.4) is 0 Å². The predicted octanol–water partition coefficient (Wildman–Crippen LogP) is 2.92. The number of nitrogens with one attached hydrogen (secondary N) is 1. The van der Waals surface area contributed by atoms with Crippen LogP contribution in [0.1, 0.15) is 45.3 Å². The summed E-state index contributed by atoms with van der Waals surface area (Å²) in [6.07, 6.45) is 5.39. The Labute approximate surface area is 117 Å². The van der Waals surface area contributed by atoms with Crippen molar-refractivity contribution >= 4 is 11.2 Å². The molecule has 0 radical (unpaired) electrons. The largest absolute Gasteiger partial charge is 0.313 e. The van der Waals surface area contributed by atoms with Gasteiger partial charge >= 0.3 is 0 Å². The van der Waals surface area contributed by atoms with Gasteiger partial charge in [-0.2, -0.15) is 5.10 Å². The molecule has 0 amide bonds. The van der Waals surface area contributed by atoms with Crippen LogP contribution in [0.5, 0.6) is 0 Å². The molecule has 6 nitrogen and oxygen atoms in total. The summed E-state index contributed by atoms with van der Waals surface area (Å²) in [5, 5.41) is 6.77. The third kappa shape index (κ3) is 1.97. The average Bonchev–Trinajstić information content (AvgIpc) is 3.06. The number of nitrogens with zero attached hydrogens (tertiary/aromatic N) is 5. The van der Waals surface area contributed by atoms with Crippen LogP contribution in [0, 0.1) is 0 Å². The maximum Gasteiger partial charge on any atom is 0.165 e. The van der Waals surface area contributed by atoms with Crippen LogP contribution in [0.15, 0.2) is 18.7 Å². The summed E-state index contributed by atoms with van der Waals surface area (Å²) >= 11 is 0. The first-order valence-electron chi connectivity index (χ1n) is 6.81. The van der Waals surface area contributed by atoms with Crippen LogP contribution in [0.2, 0.25) is 0 Å². The molecule has 104 valence electrons. The van der Waals surface area contributed by atoms with Crippen molar-refractivity contribution in [2.24, 2.45) is 0 Å². The molecule has 3 aromatic rings. The summed E-state index contributed by atoms with van der Waals surface area (Å²) in [4.78, 5) is 13.8. The lowest BCUT2D eigenvalue weighted by Crippen LogP contribution is -2.04. The highest BCUT2D eigenvalue weighted by Crippen LogP contribution is 2.26. The summed E-state index contributed by atoms with van der Waals surface area (Å²) < 4.78 is 2.08. The lowest BCUT2D eigenvalue weighted by atomic mass is 10.1. The lowest BCUT2D eigenvalue weighted by Gasteiger charge is -2.10. The number of fused-ring (bicyclic) bond motifs is 1. The van der Waals surface area contributed by atoms with Crippen molar-refractivity contribution < 1.29 is 0 Å². The van der Waals surface area contributed by atoms with Crippen LogP contribution < -0.4 is 0 Å². The fourth-order valence-corrected chi connectivity index (χ4v) is 2.22. The Morgan fingerprint density at radius 1 is 1.15 bits per heavy atom. The molecule has 0 aromatic carbocycles. The number of aromatic nitrogens is 6. The average molecular weight is 270 g/mol. The van der Waals surface area contributed by atoms with Crippen LogP contribution in [-0.2, 0) is 0 Å². The molecule has 3 rings (SSSR count). The molecule has 0 aliphatic heterocycles. The Morgan fingerprint density at radius 3 is 2.55 bits per heavy atom. The Hall–Kier alpha value is -2.24. The molecule has 0 atom stereocenters. The second-order valence-corrected chi connectivity index (χ2v) is 5.49. The van der Waals surface area contributed by atoms with E-state index in [0.717, 1.165) is 22.4 Å². The second kappa shape index (κ2) is 4.70. The number of hydrogen-bond donors (Lipinski definition) is 1. The van der Waals surface area contributed by atoms with Gasteiger partial charge in [-0.3, -0.25) is 5.10 Å². The standard InChI is InChI=1S/C14H18N6/c1-8(2)11-12-14(20(7-15-12)9(3)4)19-13(18-11)10-5-16-17-6-10/h5-9H,1-4H3,(H,16,17). The molecule has 0 unspecified atom stereocenters. The third-order valence-electron chi connectivity index (χ3n) is 3.31. The van der Waals surface area contributed by atoms with Gasteiger partial charge in [-0.1, -0.05) is 13.8 Å². The molecule has 0 aliphatic rings. The number of imidazole rings is 1. The van der Waals surface area contributed by atoms with E-state index in [1.807, 2.05) is 6.33 Å². The normalized spacial score (nSPS) is 11.9. The molecule has 0 spiro atoms. The number of H-pyrrole nitrogens is 1. The number of hydrogen-bond acceptors (Lipinski definition) is 4. The van der Waals surface area contributed by atoms with Crippen molar-refractivity contribution in [3.05, 3.63) is 24.4 Å². The highest BCUT2D eigenvalue weighted by molar-refractivity contribution is 5.76. The molecule has 6 heteroatoms. The molecule has 0 bridgehead atoms. The molecular weight excluding hydrogens is 252 g/mol. The van der Waals surface area contributed by atoms with Gasteiger partial charge in [0.05, 0.1) is 23.8 Å².